The van der Waals surface area contributed by atoms with E-state index in [0.29, 0.717) is 11.2 Å². The van der Waals surface area contributed by atoms with Crippen molar-refractivity contribution >= 4 is 20.1 Å². The summed E-state index contributed by atoms with van der Waals surface area (Å²) in [4.78, 5) is 18.9. The van der Waals surface area contributed by atoms with E-state index in [1.807, 2.05) is 19.2 Å². The highest BCUT2D eigenvalue weighted by Gasteiger charge is 2.37. The van der Waals surface area contributed by atoms with Gasteiger partial charge in [-0.15, -0.1) is 6.58 Å². The molecule has 1 aromatic rings. The molecule has 0 aromatic carbocycles. The molecule has 1 rings (SSSR count). The van der Waals surface area contributed by atoms with Gasteiger partial charge in [-0.2, -0.15) is 0 Å². The number of allylic oxidation sites excluding steroid dienone is 1. The molecule has 23 heavy (non-hydrogen) atoms. The molecule has 3 nitrogen and oxygen atoms in total. The number of aromatic nitrogens is 2. The maximum absolute atomic E-state index is 10.4. The van der Waals surface area contributed by atoms with E-state index >= 15 is 0 Å². The molecule has 0 bridgehead atoms. The van der Waals surface area contributed by atoms with Gasteiger partial charge in [-0.1, -0.05) is 45.0 Å². The lowest BCUT2D eigenvalue weighted by molar-refractivity contribution is 0.419. The van der Waals surface area contributed by atoms with Crippen LogP contribution >= 0.6 is 11.8 Å². The second-order valence-corrected chi connectivity index (χ2v) is 13.4. The minimum Gasteiger partial charge on any atom is -0.432 e. The third-order valence-corrected chi connectivity index (χ3v) is 9.43. The Labute approximate surface area is 147 Å². The fraction of sp³-hybridized carbons (Fsp3) is 0.667. The number of rotatable bonds is 10. The van der Waals surface area contributed by atoms with Crippen LogP contribution in [0.2, 0.25) is 18.1 Å². The fourth-order valence-corrected chi connectivity index (χ4v) is 4.18. The monoisotopic (exact) mass is 352 g/mol. The van der Waals surface area contributed by atoms with Crippen molar-refractivity contribution in [1.82, 2.24) is 9.97 Å². The lowest BCUT2D eigenvalue weighted by Crippen LogP contribution is -2.38. The zero-order valence-electron chi connectivity index (χ0n) is 15.2. The highest BCUT2D eigenvalue weighted by Crippen LogP contribution is 2.40. The van der Waals surface area contributed by atoms with Crippen molar-refractivity contribution in [2.24, 2.45) is 5.92 Å². The molecule has 0 radical (unpaired) electrons. The van der Waals surface area contributed by atoms with Gasteiger partial charge in [-0.25, -0.2) is 9.97 Å². The average molecular weight is 353 g/mol. The van der Waals surface area contributed by atoms with Gasteiger partial charge in [-0.3, -0.25) is 0 Å². The minimum atomic E-state index is -2.10. The molecule has 0 fully saturated rings. The van der Waals surface area contributed by atoms with E-state index < -0.39 is 8.32 Å². The molecule has 2 atom stereocenters. The van der Waals surface area contributed by atoms with E-state index in [2.05, 4.69) is 43.4 Å². The van der Waals surface area contributed by atoms with Crippen LogP contribution < -0.4 is 0 Å². The van der Waals surface area contributed by atoms with Crippen molar-refractivity contribution in [2.75, 3.05) is 0 Å². The van der Waals surface area contributed by atoms with Crippen molar-refractivity contribution in [1.29, 1.82) is 0 Å². The van der Waals surface area contributed by atoms with E-state index in [0.717, 1.165) is 30.8 Å². The molecule has 0 aliphatic carbocycles. The Morgan fingerprint density at radius 2 is 1.96 bits per heavy atom. The number of thioether (sulfide) groups is 1. The predicted octanol–water partition coefficient (Wildman–Crippen LogP) is 5.30. The van der Waals surface area contributed by atoms with Gasteiger partial charge in [0.15, 0.2) is 13.5 Å². The Balaban J connectivity index is 2.41. The molecule has 1 N–H and O–H groups in total. The zero-order valence-corrected chi connectivity index (χ0v) is 17.1. The van der Waals surface area contributed by atoms with E-state index in [4.69, 9.17) is 0 Å². The predicted molar refractivity (Wildman–Crippen MR) is 103 cm³/mol. The maximum atomic E-state index is 10.4. The summed E-state index contributed by atoms with van der Waals surface area (Å²) in [5.74, 6) is 0.514. The number of hydrogen-bond donors (Lipinski definition) is 1. The van der Waals surface area contributed by atoms with Gasteiger partial charge in [0.1, 0.15) is 0 Å². The molecule has 0 aliphatic heterocycles. The van der Waals surface area contributed by atoms with Crippen molar-refractivity contribution in [3.05, 3.63) is 31.1 Å². The van der Waals surface area contributed by atoms with Crippen LogP contribution in [0.15, 0.2) is 36.3 Å². The first-order valence-corrected chi connectivity index (χ1v) is 12.3. The topological polar surface area (TPSA) is 46.0 Å². The van der Waals surface area contributed by atoms with E-state index in [-0.39, 0.29) is 5.04 Å². The molecule has 1 heterocycles. The smallest absolute Gasteiger partial charge is 0.188 e. The minimum absolute atomic E-state index is 0.0664. The highest BCUT2D eigenvalue weighted by atomic mass is 32.2. The highest BCUT2D eigenvalue weighted by molar-refractivity contribution is 7.99. The third-order valence-electron chi connectivity index (χ3n) is 4.85. The van der Waals surface area contributed by atoms with Crippen LogP contribution in [0.25, 0.3) is 0 Å². The van der Waals surface area contributed by atoms with Crippen molar-refractivity contribution in [2.45, 2.75) is 75.0 Å². The Morgan fingerprint density at radius 3 is 2.48 bits per heavy atom. The Hall–Kier alpha value is -0.653. The van der Waals surface area contributed by atoms with Crippen LogP contribution in [0.1, 0.15) is 46.5 Å². The van der Waals surface area contributed by atoms with Crippen molar-refractivity contribution in [3.8, 4) is 0 Å². The van der Waals surface area contributed by atoms with Crippen molar-refractivity contribution < 1.29 is 4.80 Å². The lowest BCUT2D eigenvalue weighted by Gasteiger charge is -2.35. The lowest BCUT2D eigenvalue weighted by atomic mass is 9.94. The summed E-state index contributed by atoms with van der Waals surface area (Å²) >= 11 is 1.73. The van der Waals surface area contributed by atoms with Crippen LogP contribution in [-0.4, -0.2) is 28.3 Å². The SMILES string of the molecule is C=C[C@H](CCCC(C)(C)[Si](C)(C)O)C[C@@H](C)Sc1ncccn1. The first kappa shape index (κ1) is 20.4. The summed E-state index contributed by atoms with van der Waals surface area (Å²) in [7, 11) is -2.10. The van der Waals surface area contributed by atoms with Gasteiger partial charge in [-0.05, 0) is 49.4 Å². The number of hydrogen-bond acceptors (Lipinski definition) is 4. The zero-order chi connectivity index (χ0) is 17.5. The largest absolute Gasteiger partial charge is 0.432 e. The molecule has 1 aromatic heterocycles. The van der Waals surface area contributed by atoms with Gasteiger partial charge in [0, 0.05) is 17.6 Å². The van der Waals surface area contributed by atoms with Gasteiger partial charge >= 0.3 is 0 Å². The maximum Gasteiger partial charge on any atom is 0.188 e. The third kappa shape index (κ3) is 7.19. The van der Waals surface area contributed by atoms with Gasteiger partial charge in [0.2, 0.25) is 0 Å². The molecule has 5 heteroatoms. The van der Waals surface area contributed by atoms with Crippen LogP contribution in [-0.2, 0) is 0 Å². The first-order chi connectivity index (χ1) is 10.7. The molecule has 0 saturated heterocycles. The summed E-state index contributed by atoms with van der Waals surface area (Å²) in [6.07, 6.45) is 10.1. The quantitative estimate of drug-likeness (QED) is 0.269. The summed E-state index contributed by atoms with van der Waals surface area (Å²) in [6, 6.07) is 1.84. The van der Waals surface area contributed by atoms with E-state index in [1.54, 1.807) is 24.2 Å². The molecule has 0 amide bonds. The Kier molecular flexibility index (Phi) is 7.97. The Bertz CT molecular complexity index is 474. The molecular weight excluding hydrogens is 320 g/mol. The number of nitrogens with zero attached hydrogens (tertiary/aromatic N) is 2. The molecule has 0 aliphatic rings. The van der Waals surface area contributed by atoms with Crippen molar-refractivity contribution in [3.63, 3.8) is 0 Å². The molecule has 0 spiro atoms. The van der Waals surface area contributed by atoms with Gasteiger partial charge in [0.05, 0.1) is 0 Å². The second-order valence-electron chi connectivity index (χ2n) is 7.53. The molecular formula is C18H32N2OSSi. The molecule has 0 unspecified atom stereocenters. The summed E-state index contributed by atoms with van der Waals surface area (Å²) in [5, 5.41) is 1.38. The second kappa shape index (κ2) is 8.99. The van der Waals surface area contributed by atoms with E-state index in [9.17, 15) is 4.80 Å². The standard InChI is InChI=1S/C18H32N2OSSi/c1-7-16(10-8-11-18(3,4)23(5,6)21)14-15(2)22-17-19-12-9-13-20-17/h7,9,12-13,15-16,21H,1,8,10-11,14H2,2-6H3/t15-,16-/m1/s1. The molecule has 130 valence electrons. The normalized spacial score (nSPS) is 15.2. The van der Waals surface area contributed by atoms with Crippen LogP contribution in [0.5, 0.6) is 0 Å². The fourth-order valence-electron chi connectivity index (χ4n) is 2.44. The first-order valence-electron chi connectivity index (χ1n) is 8.44. The summed E-state index contributed by atoms with van der Waals surface area (Å²) in [6.45, 7) is 14.7. The average Bonchev–Trinajstić information content (AvgIpc) is 2.45. The van der Waals surface area contributed by atoms with Gasteiger partial charge in [0.25, 0.3) is 0 Å². The summed E-state index contributed by atoms with van der Waals surface area (Å²) < 4.78 is 0. The molecule has 0 saturated carbocycles. The Morgan fingerprint density at radius 1 is 1.35 bits per heavy atom. The van der Waals surface area contributed by atoms with Crippen LogP contribution in [0, 0.1) is 5.92 Å². The van der Waals surface area contributed by atoms with Crippen LogP contribution in [0.4, 0.5) is 0 Å². The van der Waals surface area contributed by atoms with Gasteiger partial charge < -0.3 is 4.80 Å². The summed E-state index contributed by atoms with van der Waals surface area (Å²) in [5.41, 5.74) is 0. The van der Waals surface area contributed by atoms with Crippen LogP contribution in [0.3, 0.4) is 0 Å². The van der Waals surface area contributed by atoms with E-state index in [1.165, 1.54) is 0 Å².